The molecule has 15 heavy (non-hydrogen) atoms. The topological polar surface area (TPSA) is 34.6 Å². The number of halogens is 1. The lowest BCUT2D eigenvalue weighted by molar-refractivity contribution is -0.00461. The molecule has 1 aromatic heterocycles. The number of thiazole rings is 1. The Labute approximate surface area is 97.8 Å². The summed E-state index contributed by atoms with van der Waals surface area (Å²) in [5.74, 6) is 0. The number of hydrogen-bond acceptors (Lipinski definition) is 5. The lowest BCUT2D eigenvalue weighted by Gasteiger charge is -2.13. The molecule has 0 spiro atoms. The molecule has 0 aromatic carbocycles. The standard InChI is InChI=1S/C9H13ClN2O2S/c1-13-6-3-12(4-7(6)14-2)9-11-8(10)5-15-9/h5-7H,3-4H2,1-2H3. The van der Waals surface area contributed by atoms with Gasteiger partial charge in [-0.2, -0.15) is 0 Å². The van der Waals surface area contributed by atoms with Gasteiger partial charge in [-0.15, -0.1) is 11.3 Å². The first-order valence-electron chi connectivity index (χ1n) is 4.66. The number of aromatic nitrogens is 1. The first-order valence-corrected chi connectivity index (χ1v) is 5.92. The predicted octanol–water partition coefficient (Wildman–Crippen LogP) is 1.65. The van der Waals surface area contributed by atoms with E-state index in [4.69, 9.17) is 21.1 Å². The molecule has 1 aromatic rings. The highest BCUT2D eigenvalue weighted by atomic mass is 35.5. The van der Waals surface area contributed by atoms with E-state index in [0.717, 1.165) is 18.2 Å². The Hall–Kier alpha value is -0.360. The van der Waals surface area contributed by atoms with Crippen LogP contribution in [-0.2, 0) is 9.47 Å². The normalized spacial score (nSPS) is 26.2. The second-order valence-corrected chi connectivity index (χ2v) is 4.63. The van der Waals surface area contributed by atoms with Crippen molar-refractivity contribution in [3.8, 4) is 0 Å². The molecule has 2 unspecified atom stereocenters. The zero-order valence-electron chi connectivity index (χ0n) is 8.64. The van der Waals surface area contributed by atoms with Gasteiger partial charge >= 0.3 is 0 Å². The molecular weight excluding hydrogens is 236 g/mol. The van der Waals surface area contributed by atoms with E-state index in [1.165, 1.54) is 0 Å². The molecule has 6 heteroatoms. The molecule has 0 radical (unpaired) electrons. The highest BCUT2D eigenvalue weighted by molar-refractivity contribution is 7.14. The van der Waals surface area contributed by atoms with Crippen LogP contribution in [0.15, 0.2) is 5.38 Å². The maximum atomic E-state index is 5.79. The highest BCUT2D eigenvalue weighted by Gasteiger charge is 2.34. The van der Waals surface area contributed by atoms with Crippen molar-refractivity contribution in [2.75, 3.05) is 32.2 Å². The maximum Gasteiger partial charge on any atom is 0.186 e. The Morgan fingerprint density at radius 3 is 2.40 bits per heavy atom. The van der Waals surface area contributed by atoms with Gasteiger partial charge in [0.15, 0.2) is 5.13 Å². The number of nitrogens with zero attached hydrogens (tertiary/aromatic N) is 2. The van der Waals surface area contributed by atoms with Crippen molar-refractivity contribution in [3.05, 3.63) is 10.5 Å². The summed E-state index contributed by atoms with van der Waals surface area (Å²) in [5.41, 5.74) is 0. The van der Waals surface area contributed by atoms with Gasteiger partial charge in [0.2, 0.25) is 0 Å². The zero-order chi connectivity index (χ0) is 10.8. The monoisotopic (exact) mass is 248 g/mol. The summed E-state index contributed by atoms with van der Waals surface area (Å²) >= 11 is 7.33. The van der Waals surface area contributed by atoms with Crippen LogP contribution in [0.5, 0.6) is 0 Å². The maximum absolute atomic E-state index is 5.79. The van der Waals surface area contributed by atoms with Crippen LogP contribution in [0, 0.1) is 0 Å². The Morgan fingerprint density at radius 1 is 1.40 bits per heavy atom. The summed E-state index contributed by atoms with van der Waals surface area (Å²) < 4.78 is 10.7. The van der Waals surface area contributed by atoms with Gasteiger partial charge in [-0.25, -0.2) is 4.98 Å². The summed E-state index contributed by atoms with van der Waals surface area (Å²) in [6.45, 7) is 1.61. The first kappa shape index (κ1) is 11.1. The van der Waals surface area contributed by atoms with Crippen LogP contribution in [0.1, 0.15) is 0 Å². The summed E-state index contributed by atoms with van der Waals surface area (Å²) in [6.07, 6.45) is 0.218. The van der Waals surface area contributed by atoms with Gasteiger partial charge in [0.1, 0.15) is 17.4 Å². The number of methoxy groups -OCH3 is 2. The van der Waals surface area contributed by atoms with E-state index in [9.17, 15) is 0 Å². The zero-order valence-corrected chi connectivity index (χ0v) is 10.2. The lowest BCUT2D eigenvalue weighted by Crippen LogP contribution is -2.27. The summed E-state index contributed by atoms with van der Waals surface area (Å²) in [5, 5.41) is 3.31. The fraction of sp³-hybridized carbons (Fsp3) is 0.667. The van der Waals surface area contributed by atoms with Crippen LogP contribution in [0.3, 0.4) is 0 Å². The molecule has 1 aliphatic heterocycles. The predicted molar refractivity (Wildman–Crippen MR) is 60.9 cm³/mol. The van der Waals surface area contributed by atoms with E-state index >= 15 is 0 Å². The Morgan fingerprint density at radius 2 is 2.00 bits per heavy atom. The third-order valence-electron chi connectivity index (χ3n) is 2.56. The second kappa shape index (κ2) is 4.65. The van der Waals surface area contributed by atoms with Crippen molar-refractivity contribution in [3.63, 3.8) is 0 Å². The van der Waals surface area contributed by atoms with Crippen molar-refractivity contribution < 1.29 is 9.47 Å². The molecule has 4 nitrogen and oxygen atoms in total. The summed E-state index contributed by atoms with van der Waals surface area (Å²) in [4.78, 5) is 6.37. The van der Waals surface area contributed by atoms with Gasteiger partial charge < -0.3 is 14.4 Å². The SMILES string of the molecule is COC1CN(c2nc(Cl)cs2)CC1OC. The van der Waals surface area contributed by atoms with E-state index < -0.39 is 0 Å². The molecule has 84 valence electrons. The molecular formula is C9H13ClN2O2S. The molecule has 0 N–H and O–H groups in total. The van der Waals surface area contributed by atoms with Crippen molar-refractivity contribution in [1.82, 2.24) is 4.98 Å². The van der Waals surface area contributed by atoms with E-state index in [0.29, 0.717) is 5.15 Å². The minimum absolute atomic E-state index is 0.109. The van der Waals surface area contributed by atoms with E-state index in [-0.39, 0.29) is 12.2 Å². The smallest absolute Gasteiger partial charge is 0.186 e. The van der Waals surface area contributed by atoms with Gasteiger partial charge in [-0.1, -0.05) is 11.6 Å². The van der Waals surface area contributed by atoms with Gasteiger partial charge in [-0.3, -0.25) is 0 Å². The van der Waals surface area contributed by atoms with Crippen molar-refractivity contribution >= 4 is 28.1 Å². The fourth-order valence-corrected chi connectivity index (χ4v) is 2.71. The molecule has 2 atom stereocenters. The average molecular weight is 249 g/mol. The molecule has 1 fully saturated rings. The van der Waals surface area contributed by atoms with E-state index in [1.807, 2.05) is 5.38 Å². The Kier molecular flexibility index (Phi) is 3.45. The number of ether oxygens (including phenoxy) is 2. The lowest BCUT2D eigenvalue weighted by atomic mass is 10.3. The van der Waals surface area contributed by atoms with Gasteiger partial charge in [0.25, 0.3) is 0 Å². The van der Waals surface area contributed by atoms with Crippen LogP contribution in [0.4, 0.5) is 5.13 Å². The molecule has 0 aliphatic carbocycles. The molecule has 2 rings (SSSR count). The van der Waals surface area contributed by atoms with Crippen LogP contribution in [0.25, 0.3) is 0 Å². The van der Waals surface area contributed by atoms with Crippen LogP contribution in [-0.4, -0.2) is 44.5 Å². The third kappa shape index (κ3) is 2.25. The molecule has 2 heterocycles. The minimum atomic E-state index is 0.109. The quantitative estimate of drug-likeness (QED) is 0.815. The van der Waals surface area contributed by atoms with Crippen LogP contribution in [0.2, 0.25) is 5.15 Å². The Balaban J connectivity index is 2.07. The van der Waals surface area contributed by atoms with Crippen molar-refractivity contribution in [2.45, 2.75) is 12.2 Å². The molecule has 0 saturated carbocycles. The summed E-state index contributed by atoms with van der Waals surface area (Å²) in [7, 11) is 3.41. The molecule has 1 aliphatic rings. The second-order valence-electron chi connectivity index (χ2n) is 3.41. The molecule has 0 bridgehead atoms. The highest BCUT2D eigenvalue weighted by Crippen LogP contribution is 2.28. The fourth-order valence-electron chi connectivity index (χ4n) is 1.74. The molecule has 1 saturated heterocycles. The number of rotatable bonds is 3. The van der Waals surface area contributed by atoms with Crippen LogP contribution < -0.4 is 4.90 Å². The first-order chi connectivity index (χ1) is 7.24. The Bertz CT molecular complexity index is 322. The average Bonchev–Trinajstić information content (AvgIpc) is 2.82. The van der Waals surface area contributed by atoms with Crippen molar-refractivity contribution in [2.24, 2.45) is 0 Å². The van der Waals surface area contributed by atoms with Crippen molar-refractivity contribution in [1.29, 1.82) is 0 Å². The third-order valence-corrected chi connectivity index (χ3v) is 3.78. The van der Waals surface area contributed by atoms with E-state index in [2.05, 4.69) is 9.88 Å². The van der Waals surface area contributed by atoms with Gasteiger partial charge in [0.05, 0.1) is 0 Å². The molecule has 0 amide bonds. The number of anilines is 1. The summed E-state index contributed by atoms with van der Waals surface area (Å²) in [6, 6.07) is 0. The largest absolute Gasteiger partial charge is 0.377 e. The van der Waals surface area contributed by atoms with Crippen LogP contribution >= 0.6 is 22.9 Å². The van der Waals surface area contributed by atoms with Gasteiger partial charge in [-0.05, 0) is 0 Å². The minimum Gasteiger partial charge on any atom is -0.377 e. The van der Waals surface area contributed by atoms with Gasteiger partial charge in [0, 0.05) is 32.7 Å². The van der Waals surface area contributed by atoms with E-state index in [1.54, 1.807) is 25.6 Å². The number of hydrogen-bond donors (Lipinski definition) is 0.